The lowest BCUT2D eigenvalue weighted by atomic mass is 10.0. The number of piperidine rings is 1. The predicted molar refractivity (Wildman–Crippen MR) is 85.2 cm³/mol. The van der Waals surface area contributed by atoms with Crippen molar-refractivity contribution in [3.63, 3.8) is 0 Å². The minimum atomic E-state index is 0.159. The second-order valence-corrected chi connectivity index (χ2v) is 6.57. The quantitative estimate of drug-likeness (QED) is 0.922. The number of benzene rings is 1. The van der Waals surface area contributed by atoms with Gasteiger partial charge in [-0.15, -0.1) is 0 Å². The second-order valence-electron chi connectivity index (χ2n) is 6.57. The maximum Gasteiger partial charge on any atom is 0.226 e. The van der Waals surface area contributed by atoms with Crippen molar-refractivity contribution in [3.05, 3.63) is 35.4 Å². The molecule has 1 aromatic carbocycles. The van der Waals surface area contributed by atoms with Gasteiger partial charge in [0.05, 0.1) is 0 Å². The van der Waals surface area contributed by atoms with Crippen LogP contribution < -0.4 is 5.32 Å². The Hall–Kier alpha value is -1.35. The number of nitrogens with one attached hydrogen (secondary N) is 1. The number of carbonyl (C=O) groups excluding carboxylic acids is 1. The summed E-state index contributed by atoms with van der Waals surface area (Å²) in [4.78, 5) is 14.5. The molecule has 21 heavy (non-hydrogen) atoms. The van der Waals surface area contributed by atoms with E-state index in [4.69, 9.17) is 0 Å². The van der Waals surface area contributed by atoms with Crippen LogP contribution in [0.15, 0.2) is 24.3 Å². The van der Waals surface area contributed by atoms with Crippen LogP contribution in [0.3, 0.4) is 0 Å². The van der Waals surface area contributed by atoms with Gasteiger partial charge in [0, 0.05) is 25.6 Å². The molecule has 1 aliphatic heterocycles. The van der Waals surface area contributed by atoms with Gasteiger partial charge in [0.2, 0.25) is 5.91 Å². The summed E-state index contributed by atoms with van der Waals surface area (Å²) in [6, 6.07) is 9.08. The van der Waals surface area contributed by atoms with Crippen LogP contribution in [0.2, 0.25) is 0 Å². The van der Waals surface area contributed by atoms with Crippen molar-refractivity contribution in [2.75, 3.05) is 20.1 Å². The first-order valence-electron chi connectivity index (χ1n) is 8.29. The molecule has 2 aliphatic rings. The minimum absolute atomic E-state index is 0.159. The Kier molecular flexibility index (Phi) is 4.59. The topological polar surface area (TPSA) is 32.3 Å². The highest BCUT2D eigenvalue weighted by molar-refractivity contribution is 5.80. The molecule has 3 heteroatoms. The standard InChI is InChI=1S/C18H26N2O/c1-20(11-9-17-8-4-5-10-19-17)18(21)16-12-14-6-2-3-7-15(14)13-16/h2-3,6-7,16-17,19H,4-5,8-13H2,1H3. The van der Waals surface area contributed by atoms with E-state index < -0.39 is 0 Å². The van der Waals surface area contributed by atoms with Crippen molar-refractivity contribution in [3.8, 4) is 0 Å². The zero-order valence-electron chi connectivity index (χ0n) is 13.0. The van der Waals surface area contributed by atoms with Crippen LogP contribution in [0.25, 0.3) is 0 Å². The van der Waals surface area contributed by atoms with Crippen LogP contribution in [0.5, 0.6) is 0 Å². The van der Waals surface area contributed by atoms with Crippen molar-refractivity contribution in [1.29, 1.82) is 0 Å². The second kappa shape index (κ2) is 6.61. The molecule has 0 saturated carbocycles. The molecule has 3 nitrogen and oxygen atoms in total. The Morgan fingerprint density at radius 1 is 1.24 bits per heavy atom. The van der Waals surface area contributed by atoms with E-state index in [2.05, 4.69) is 29.6 Å². The summed E-state index contributed by atoms with van der Waals surface area (Å²) in [7, 11) is 1.97. The van der Waals surface area contributed by atoms with Crippen LogP contribution in [0.1, 0.15) is 36.8 Å². The number of carbonyl (C=O) groups is 1. The van der Waals surface area contributed by atoms with E-state index in [-0.39, 0.29) is 5.92 Å². The molecular formula is C18H26N2O. The summed E-state index contributed by atoms with van der Waals surface area (Å²) in [6.45, 7) is 2.02. The van der Waals surface area contributed by atoms with E-state index in [1.165, 1.54) is 30.4 Å². The number of hydrogen-bond donors (Lipinski definition) is 1. The van der Waals surface area contributed by atoms with Crippen LogP contribution in [0, 0.1) is 5.92 Å². The van der Waals surface area contributed by atoms with Crippen LogP contribution in [-0.4, -0.2) is 37.0 Å². The van der Waals surface area contributed by atoms with Gasteiger partial charge in [0.15, 0.2) is 0 Å². The first kappa shape index (κ1) is 14.6. The third-order valence-electron chi connectivity index (χ3n) is 5.00. The smallest absolute Gasteiger partial charge is 0.226 e. The van der Waals surface area contributed by atoms with Gasteiger partial charge in [0.25, 0.3) is 0 Å². The lowest BCUT2D eigenvalue weighted by Crippen LogP contribution is -2.39. The molecule has 114 valence electrons. The fraction of sp³-hybridized carbons (Fsp3) is 0.611. The van der Waals surface area contributed by atoms with Crippen molar-refractivity contribution in [2.45, 2.75) is 44.6 Å². The predicted octanol–water partition coefficient (Wildman–Crippen LogP) is 2.39. The van der Waals surface area contributed by atoms with Gasteiger partial charge in [-0.3, -0.25) is 4.79 Å². The molecule has 1 atom stereocenters. The number of rotatable bonds is 4. The zero-order chi connectivity index (χ0) is 14.7. The fourth-order valence-corrected chi connectivity index (χ4v) is 3.68. The highest BCUT2D eigenvalue weighted by Crippen LogP contribution is 2.27. The molecule has 0 spiro atoms. The zero-order valence-corrected chi connectivity index (χ0v) is 13.0. The van der Waals surface area contributed by atoms with E-state index in [1.807, 2.05) is 11.9 Å². The largest absolute Gasteiger partial charge is 0.345 e. The minimum Gasteiger partial charge on any atom is -0.345 e. The van der Waals surface area contributed by atoms with Crippen molar-refractivity contribution in [1.82, 2.24) is 10.2 Å². The van der Waals surface area contributed by atoms with E-state index in [0.717, 1.165) is 32.4 Å². The average Bonchev–Trinajstić information content (AvgIpc) is 2.97. The van der Waals surface area contributed by atoms with E-state index in [9.17, 15) is 4.79 Å². The SMILES string of the molecule is CN(CCC1CCCCN1)C(=O)C1Cc2ccccc2C1. The van der Waals surface area contributed by atoms with Gasteiger partial charge in [-0.1, -0.05) is 30.7 Å². The molecule has 0 bridgehead atoms. The Labute approximate surface area is 127 Å². The maximum absolute atomic E-state index is 12.6. The number of amides is 1. The maximum atomic E-state index is 12.6. The molecule has 1 heterocycles. The van der Waals surface area contributed by atoms with Gasteiger partial charge in [0.1, 0.15) is 0 Å². The van der Waals surface area contributed by atoms with E-state index >= 15 is 0 Å². The third-order valence-corrected chi connectivity index (χ3v) is 5.00. The molecule has 0 radical (unpaired) electrons. The Morgan fingerprint density at radius 3 is 2.57 bits per heavy atom. The summed E-state index contributed by atoms with van der Waals surface area (Å²) in [5, 5.41) is 3.56. The Bertz CT molecular complexity index is 469. The molecule has 1 fully saturated rings. The number of fused-ring (bicyclic) bond motifs is 1. The molecular weight excluding hydrogens is 260 g/mol. The average molecular weight is 286 g/mol. The van der Waals surface area contributed by atoms with Gasteiger partial charge in [-0.05, 0) is 49.8 Å². The summed E-state index contributed by atoms with van der Waals surface area (Å²) >= 11 is 0. The summed E-state index contributed by atoms with van der Waals surface area (Å²) in [5.41, 5.74) is 2.72. The van der Waals surface area contributed by atoms with E-state index in [1.54, 1.807) is 0 Å². The van der Waals surface area contributed by atoms with Crippen molar-refractivity contribution >= 4 is 5.91 Å². The summed E-state index contributed by atoms with van der Waals surface area (Å²) in [5.74, 6) is 0.480. The number of nitrogens with zero attached hydrogens (tertiary/aromatic N) is 1. The van der Waals surface area contributed by atoms with Crippen LogP contribution >= 0.6 is 0 Å². The van der Waals surface area contributed by atoms with Crippen LogP contribution in [-0.2, 0) is 17.6 Å². The molecule has 1 aliphatic carbocycles. The molecule has 1 saturated heterocycles. The molecule has 1 amide bonds. The lowest BCUT2D eigenvalue weighted by molar-refractivity contribution is -0.134. The van der Waals surface area contributed by atoms with Gasteiger partial charge >= 0.3 is 0 Å². The number of hydrogen-bond acceptors (Lipinski definition) is 2. The monoisotopic (exact) mass is 286 g/mol. The van der Waals surface area contributed by atoms with Crippen molar-refractivity contribution < 1.29 is 4.79 Å². The van der Waals surface area contributed by atoms with Gasteiger partial charge in [-0.25, -0.2) is 0 Å². The van der Waals surface area contributed by atoms with Crippen LogP contribution in [0.4, 0.5) is 0 Å². The first-order chi connectivity index (χ1) is 10.2. The van der Waals surface area contributed by atoms with Crippen molar-refractivity contribution in [2.24, 2.45) is 5.92 Å². The fourth-order valence-electron chi connectivity index (χ4n) is 3.68. The van der Waals surface area contributed by atoms with Gasteiger partial charge < -0.3 is 10.2 Å². The van der Waals surface area contributed by atoms with E-state index in [0.29, 0.717) is 11.9 Å². The molecule has 1 N–H and O–H groups in total. The third kappa shape index (κ3) is 3.46. The van der Waals surface area contributed by atoms with Gasteiger partial charge in [-0.2, -0.15) is 0 Å². The summed E-state index contributed by atoms with van der Waals surface area (Å²) in [6.07, 6.45) is 6.81. The first-order valence-corrected chi connectivity index (χ1v) is 8.29. The normalized spacial score (nSPS) is 22.0. The molecule has 0 aromatic heterocycles. The lowest BCUT2D eigenvalue weighted by Gasteiger charge is -2.27. The Morgan fingerprint density at radius 2 is 1.95 bits per heavy atom. The molecule has 1 unspecified atom stereocenters. The molecule has 3 rings (SSSR count). The highest BCUT2D eigenvalue weighted by Gasteiger charge is 2.29. The Balaban J connectivity index is 1.49. The summed E-state index contributed by atoms with van der Waals surface area (Å²) < 4.78 is 0. The highest BCUT2D eigenvalue weighted by atomic mass is 16.2. The molecule has 1 aromatic rings.